The van der Waals surface area contributed by atoms with Crippen molar-refractivity contribution in [1.82, 2.24) is 5.32 Å². The van der Waals surface area contributed by atoms with Gasteiger partial charge in [-0.05, 0) is 61.5 Å². The molecule has 0 amide bonds. The van der Waals surface area contributed by atoms with Crippen molar-refractivity contribution in [3.05, 3.63) is 42.5 Å². The molecule has 3 unspecified atom stereocenters. The second-order valence-corrected chi connectivity index (χ2v) is 7.60. The first-order valence-electron chi connectivity index (χ1n) is 8.75. The highest BCUT2D eigenvalue weighted by molar-refractivity contribution is 7.80. The van der Waals surface area contributed by atoms with Crippen LogP contribution in [0.5, 0.6) is 0 Å². The van der Waals surface area contributed by atoms with E-state index in [1.54, 1.807) is 0 Å². The Labute approximate surface area is 146 Å². The first-order valence-corrected chi connectivity index (χ1v) is 9.16. The third-order valence-electron chi connectivity index (χ3n) is 5.69. The number of hydrogen-bond donors (Lipinski definition) is 2. The summed E-state index contributed by atoms with van der Waals surface area (Å²) in [6, 6.07) is 14.9. The molecular formula is C20H20N2OS. The fraction of sp³-hybridized carbons (Fsp3) is 0.350. The fourth-order valence-corrected chi connectivity index (χ4v) is 4.83. The standard InChI is InChI=1S/C20H20N2OS/c24-20(22-17-10-12-5-6-13(17)9-12)21-14-7-8-16-15-3-1-2-4-18(15)23-19(16)11-14/h1-4,7-8,11-13,17H,5-6,9-10H2,(H2,21,22,24). The number of hydrogen-bond acceptors (Lipinski definition) is 2. The number of furan rings is 1. The third kappa shape index (κ3) is 2.37. The Morgan fingerprint density at radius 1 is 1.00 bits per heavy atom. The van der Waals surface area contributed by atoms with Crippen LogP contribution in [-0.2, 0) is 0 Å². The minimum absolute atomic E-state index is 0.554. The van der Waals surface area contributed by atoms with Gasteiger partial charge in [0.15, 0.2) is 5.11 Å². The van der Waals surface area contributed by atoms with Crippen molar-refractivity contribution in [2.75, 3.05) is 5.32 Å². The Morgan fingerprint density at radius 2 is 1.88 bits per heavy atom. The van der Waals surface area contributed by atoms with Crippen LogP contribution < -0.4 is 10.6 Å². The summed E-state index contributed by atoms with van der Waals surface area (Å²) in [6.45, 7) is 0. The number of benzene rings is 2. The zero-order chi connectivity index (χ0) is 16.1. The lowest BCUT2D eigenvalue weighted by molar-refractivity contribution is 0.392. The lowest BCUT2D eigenvalue weighted by Gasteiger charge is -2.24. The molecule has 0 aliphatic heterocycles. The maximum Gasteiger partial charge on any atom is 0.171 e. The van der Waals surface area contributed by atoms with E-state index in [-0.39, 0.29) is 0 Å². The summed E-state index contributed by atoms with van der Waals surface area (Å²) in [7, 11) is 0. The molecule has 2 aliphatic rings. The van der Waals surface area contributed by atoms with Crippen LogP contribution in [0, 0.1) is 11.8 Å². The Morgan fingerprint density at radius 3 is 2.71 bits per heavy atom. The van der Waals surface area contributed by atoms with E-state index in [0.717, 1.165) is 44.6 Å². The topological polar surface area (TPSA) is 37.2 Å². The molecule has 0 saturated heterocycles. The van der Waals surface area contributed by atoms with E-state index in [1.807, 2.05) is 24.3 Å². The normalized spacial score (nSPS) is 25.4. The largest absolute Gasteiger partial charge is 0.456 e. The quantitative estimate of drug-likeness (QED) is 0.641. The maximum atomic E-state index is 5.94. The van der Waals surface area contributed by atoms with Crippen molar-refractivity contribution >= 4 is 45.0 Å². The Kier molecular flexibility index (Phi) is 3.27. The van der Waals surface area contributed by atoms with Gasteiger partial charge in [-0.1, -0.05) is 24.6 Å². The molecule has 2 aliphatic carbocycles. The van der Waals surface area contributed by atoms with Crippen molar-refractivity contribution in [2.45, 2.75) is 31.7 Å². The number of fused-ring (bicyclic) bond motifs is 5. The van der Waals surface area contributed by atoms with Gasteiger partial charge in [0.05, 0.1) is 0 Å². The van der Waals surface area contributed by atoms with E-state index in [9.17, 15) is 0 Å². The molecule has 2 fully saturated rings. The first kappa shape index (κ1) is 14.3. The molecule has 5 rings (SSSR count). The minimum atomic E-state index is 0.554. The van der Waals surface area contributed by atoms with Crippen LogP contribution >= 0.6 is 12.2 Å². The molecule has 2 saturated carbocycles. The lowest BCUT2D eigenvalue weighted by atomic mass is 9.96. The summed E-state index contributed by atoms with van der Waals surface area (Å²) < 4.78 is 5.94. The fourth-order valence-electron chi connectivity index (χ4n) is 4.56. The predicted molar refractivity (Wildman–Crippen MR) is 102 cm³/mol. The van der Waals surface area contributed by atoms with Crippen LogP contribution in [0.25, 0.3) is 21.9 Å². The number of nitrogens with one attached hydrogen (secondary N) is 2. The Balaban J connectivity index is 1.35. The Hall–Kier alpha value is -2.07. The van der Waals surface area contributed by atoms with Crippen LogP contribution in [-0.4, -0.2) is 11.2 Å². The molecular weight excluding hydrogens is 316 g/mol. The van der Waals surface area contributed by atoms with Crippen molar-refractivity contribution < 1.29 is 4.42 Å². The highest BCUT2D eigenvalue weighted by atomic mass is 32.1. The molecule has 2 bridgehead atoms. The van der Waals surface area contributed by atoms with Crippen LogP contribution in [0.3, 0.4) is 0 Å². The second-order valence-electron chi connectivity index (χ2n) is 7.19. The van der Waals surface area contributed by atoms with Crippen molar-refractivity contribution in [1.29, 1.82) is 0 Å². The molecule has 4 heteroatoms. The average molecular weight is 336 g/mol. The lowest BCUT2D eigenvalue weighted by Crippen LogP contribution is -2.40. The van der Waals surface area contributed by atoms with Crippen LogP contribution in [0.4, 0.5) is 5.69 Å². The number of thiocarbonyl (C=S) groups is 1. The zero-order valence-electron chi connectivity index (χ0n) is 13.4. The molecule has 3 nitrogen and oxygen atoms in total. The summed E-state index contributed by atoms with van der Waals surface area (Å²) in [6.07, 6.45) is 5.42. The molecule has 0 spiro atoms. The summed E-state index contributed by atoms with van der Waals surface area (Å²) in [5.74, 6) is 1.73. The maximum absolute atomic E-state index is 5.94. The molecule has 122 valence electrons. The van der Waals surface area contributed by atoms with Gasteiger partial charge in [0, 0.05) is 28.6 Å². The Bertz CT molecular complexity index is 932. The predicted octanol–water partition coefficient (Wildman–Crippen LogP) is 5.06. The average Bonchev–Trinajstić information content (AvgIpc) is 3.27. The van der Waals surface area contributed by atoms with Gasteiger partial charge in [-0.25, -0.2) is 0 Å². The second kappa shape index (κ2) is 5.49. The zero-order valence-corrected chi connectivity index (χ0v) is 14.2. The van der Waals surface area contributed by atoms with E-state index in [0.29, 0.717) is 6.04 Å². The highest BCUT2D eigenvalue weighted by Crippen LogP contribution is 2.44. The smallest absolute Gasteiger partial charge is 0.171 e. The van der Waals surface area contributed by atoms with Gasteiger partial charge in [0.25, 0.3) is 0 Å². The van der Waals surface area contributed by atoms with E-state index >= 15 is 0 Å². The van der Waals surface area contributed by atoms with Gasteiger partial charge in [-0.15, -0.1) is 0 Å². The third-order valence-corrected chi connectivity index (χ3v) is 5.91. The van der Waals surface area contributed by atoms with Crippen LogP contribution in [0.2, 0.25) is 0 Å². The highest BCUT2D eigenvalue weighted by Gasteiger charge is 2.39. The molecule has 2 N–H and O–H groups in total. The summed E-state index contributed by atoms with van der Waals surface area (Å²) >= 11 is 5.52. The van der Waals surface area contributed by atoms with Crippen LogP contribution in [0.15, 0.2) is 46.9 Å². The van der Waals surface area contributed by atoms with Gasteiger partial charge in [-0.2, -0.15) is 0 Å². The minimum Gasteiger partial charge on any atom is -0.456 e. The number of para-hydroxylation sites is 1. The monoisotopic (exact) mass is 336 g/mol. The summed E-state index contributed by atoms with van der Waals surface area (Å²) in [4.78, 5) is 0. The van der Waals surface area contributed by atoms with E-state index in [2.05, 4.69) is 28.8 Å². The molecule has 3 atom stereocenters. The van der Waals surface area contributed by atoms with Crippen molar-refractivity contribution in [2.24, 2.45) is 11.8 Å². The van der Waals surface area contributed by atoms with Gasteiger partial charge < -0.3 is 15.1 Å². The van der Waals surface area contributed by atoms with E-state index < -0.39 is 0 Å². The van der Waals surface area contributed by atoms with Crippen molar-refractivity contribution in [3.8, 4) is 0 Å². The van der Waals surface area contributed by atoms with Gasteiger partial charge in [-0.3, -0.25) is 0 Å². The molecule has 0 radical (unpaired) electrons. The molecule has 1 aromatic heterocycles. The van der Waals surface area contributed by atoms with Crippen LogP contribution in [0.1, 0.15) is 25.7 Å². The van der Waals surface area contributed by atoms with Gasteiger partial charge in [0.1, 0.15) is 11.2 Å². The molecule has 24 heavy (non-hydrogen) atoms. The van der Waals surface area contributed by atoms with E-state index in [1.165, 1.54) is 25.7 Å². The molecule has 1 heterocycles. The van der Waals surface area contributed by atoms with Crippen molar-refractivity contribution in [3.63, 3.8) is 0 Å². The SMILES string of the molecule is S=C(Nc1ccc2c(c1)oc1ccccc12)NC1CC2CCC1C2. The summed E-state index contributed by atoms with van der Waals surface area (Å²) in [5, 5.41) is 9.87. The molecule has 2 aromatic carbocycles. The van der Waals surface area contributed by atoms with Gasteiger partial charge >= 0.3 is 0 Å². The first-order chi connectivity index (χ1) is 11.8. The summed E-state index contributed by atoms with van der Waals surface area (Å²) in [5.41, 5.74) is 2.79. The van der Waals surface area contributed by atoms with Gasteiger partial charge in [0.2, 0.25) is 0 Å². The number of anilines is 1. The number of rotatable bonds is 2. The molecule has 3 aromatic rings. The van der Waals surface area contributed by atoms with E-state index in [4.69, 9.17) is 16.6 Å².